The summed E-state index contributed by atoms with van der Waals surface area (Å²) >= 11 is 10.2. The Kier molecular flexibility index (Phi) is 4.41. The van der Waals surface area contributed by atoms with Crippen LogP contribution >= 0.6 is 27.5 Å². The highest BCUT2D eigenvalue weighted by Gasteiger charge is 2.19. The monoisotopic (exact) mass is 366 g/mol. The van der Waals surface area contributed by atoms with Crippen molar-refractivity contribution in [2.24, 2.45) is 0 Å². The molecule has 0 aromatic heterocycles. The summed E-state index contributed by atoms with van der Waals surface area (Å²) in [6.07, 6.45) is 0.779. The summed E-state index contributed by atoms with van der Waals surface area (Å²) in [6, 6.07) is 12.3. The van der Waals surface area contributed by atoms with Crippen LogP contribution < -0.4 is 9.47 Å². The number of benzene rings is 2. The first-order valence-corrected chi connectivity index (χ1v) is 8.15. The van der Waals surface area contributed by atoms with Crippen LogP contribution in [-0.4, -0.2) is 13.2 Å². The molecule has 0 bridgehead atoms. The lowest BCUT2D eigenvalue weighted by Gasteiger charge is -2.21. The number of halogens is 2. The summed E-state index contributed by atoms with van der Waals surface area (Å²) in [5, 5.41) is -0.114. The molecule has 2 aromatic carbocycles. The topological polar surface area (TPSA) is 18.5 Å². The Bertz CT molecular complexity index is 657. The zero-order valence-corrected chi connectivity index (χ0v) is 14.1. The van der Waals surface area contributed by atoms with Crippen LogP contribution in [-0.2, 0) is 6.42 Å². The summed E-state index contributed by atoms with van der Waals surface area (Å²) in [7, 11) is 0. The molecule has 1 aliphatic rings. The van der Waals surface area contributed by atoms with Crippen molar-refractivity contribution < 1.29 is 9.47 Å². The number of hydrogen-bond acceptors (Lipinski definition) is 2. The first-order chi connectivity index (χ1) is 10.1. The van der Waals surface area contributed by atoms with Crippen LogP contribution in [0.15, 0.2) is 40.9 Å². The average Bonchev–Trinajstić information content (AvgIpc) is 2.46. The van der Waals surface area contributed by atoms with Gasteiger partial charge in [-0.05, 0) is 36.6 Å². The average molecular weight is 368 g/mol. The summed E-state index contributed by atoms with van der Waals surface area (Å²) in [5.74, 6) is 1.55. The predicted molar refractivity (Wildman–Crippen MR) is 88.6 cm³/mol. The van der Waals surface area contributed by atoms with Crippen molar-refractivity contribution in [3.8, 4) is 11.5 Å². The van der Waals surface area contributed by atoms with Gasteiger partial charge in [0.05, 0.1) is 5.38 Å². The Morgan fingerprint density at radius 2 is 1.86 bits per heavy atom. The minimum atomic E-state index is -0.114. The van der Waals surface area contributed by atoms with Gasteiger partial charge in [0.25, 0.3) is 0 Å². The van der Waals surface area contributed by atoms with Gasteiger partial charge in [-0.25, -0.2) is 0 Å². The van der Waals surface area contributed by atoms with E-state index in [0.717, 1.165) is 28.0 Å². The van der Waals surface area contributed by atoms with Crippen LogP contribution in [0.2, 0.25) is 0 Å². The van der Waals surface area contributed by atoms with Crippen LogP contribution in [0, 0.1) is 6.92 Å². The van der Waals surface area contributed by atoms with E-state index in [2.05, 4.69) is 47.1 Å². The van der Waals surface area contributed by atoms with E-state index in [9.17, 15) is 0 Å². The molecule has 0 N–H and O–H groups in total. The molecule has 0 aliphatic carbocycles. The molecule has 1 unspecified atom stereocenters. The number of fused-ring (bicyclic) bond motifs is 1. The quantitative estimate of drug-likeness (QED) is 0.707. The standard InChI is InChI=1S/C17H16BrClO2/c1-11-3-2-4-12(7-11)8-15(19)13-9-16-17(10-14(13)18)21-6-5-20-16/h2-4,7,9-10,15H,5-6,8H2,1H3. The second kappa shape index (κ2) is 6.29. The summed E-state index contributed by atoms with van der Waals surface area (Å²) in [6.45, 7) is 3.26. The van der Waals surface area contributed by atoms with E-state index < -0.39 is 0 Å². The molecule has 0 amide bonds. The fourth-order valence-corrected chi connectivity index (χ4v) is 3.56. The van der Waals surface area contributed by atoms with E-state index in [-0.39, 0.29) is 5.38 Å². The predicted octanol–water partition coefficient (Wildman–Crippen LogP) is 5.05. The third-order valence-electron chi connectivity index (χ3n) is 3.50. The normalized spacial score (nSPS) is 14.8. The minimum absolute atomic E-state index is 0.114. The highest BCUT2D eigenvalue weighted by atomic mass is 79.9. The van der Waals surface area contributed by atoms with E-state index in [1.807, 2.05) is 12.1 Å². The Hall–Kier alpha value is -1.19. The first kappa shape index (κ1) is 14.7. The summed E-state index contributed by atoms with van der Waals surface area (Å²) in [4.78, 5) is 0. The molecular weight excluding hydrogens is 352 g/mol. The molecule has 1 aliphatic heterocycles. The lowest BCUT2D eigenvalue weighted by Crippen LogP contribution is -2.15. The Labute approximate surface area is 138 Å². The van der Waals surface area contributed by atoms with Gasteiger partial charge in [-0.3, -0.25) is 0 Å². The molecule has 2 aromatic rings. The highest BCUT2D eigenvalue weighted by molar-refractivity contribution is 9.10. The van der Waals surface area contributed by atoms with Crippen molar-refractivity contribution in [3.05, 3.63) is 57.6 Å². The molecule has 0 radical (unpaired) electrons. The van der Waals surface area contributed by atoms with Gasteiger partial charge in [0.2, 0.25) is 0 Å². The Morgan fingerprint density at radius 1 is 1.14 bits per heavy atom. The maximum atomic E-state index is 6.61. The van der Waals surface area contributed by atoms with Gasteiger partial charge in [0.15, 0.2) is 11.5 Å². The van der Waals surface area contributed by atoms with Gasteiger partial charge in [-0.1, -0.05) is 45.8 Å². The van der Waals surface area contributed by atoms with E-state index in [1.165, 1.54) is 11.1 Å². The second-order valence-corrected chi connectivity index (χ2v) is 6.56. The minimum Gasteiger partial charge on any atom is -0.486 e. The van der Waals surface area contributed by atoms with Gasteiger partial charge in [-0.2, -0.15) is 0 Å². The van der Waals surface area contributed by atoms with Crippen molar-refractivity contribution in [1.82, 2.24) is 0 Å². The maximum Gasteiger partial charge on any atom is 0.162 e. The van der Waals surface area contributed by atoms with E-state index in [0.29, 0.717) is 13.2 Å². The van der Waals surface area contributed by atoms with E-state index in [1.54, 1.807) is 0 Å². The van der Waals surface area contributed by atoms with Crippen molar-refractivity contribution in [2.45, 2.75) is 18.7 Å². The van der Waals surface area contributed by atoms with Crippen LogP contribution in [0.25, 0.3) is 0 Å². The third kappa shape index (κ3) is 3.35. The van der Waals surface area contributed by atoms with Crippen LogP contribution in [0.3, 0.4) is 0 Å². The van der Waals surface area contributed by atoms with Crippen LogP contribution in [0.1, 0.15) is 22.1 Å². The largest absolute Gasteiger partial charge is 0.486 e. The van der Waals surface area contributed by atoms with E-state index >= 15 is 0 Å². The molecule has 0 spiro atoms. The molecule has 3 rings (SSSR count). The zero-order chi connectivity index (χ0) is 14.8. The lowest BCUT2D eigenvalue weighted by molar-refractivity contribution is 0.171. The molecular formula is C17H16BrClO2. The van der Waals surface area contributed by atoms with Crippen LogP contribution in [0.4, 0.5) is 0 Å². The van der Waals surface area contributed by atoms with E-state index in [4.69, 9.17) is 21.1 Å². The van der Waals surface area contributed by atoms with Gasteiger partial charge in [0.1, 0.15) is 13.2 Å². The number of aryl methyl sites for hydroxylation is 1. The second-order valence-electron chi connectivity index (χ2n) is 5.18. The summed E-state index contributed by atoms with van der Waals surface area (Å²) in [5.41, 5.74) is 3.51. The molecule has 1 atom stereocenters. The smallest absolute Gasteiger partial charge is 0.162 e. The fourth-order valence-electron chi connectivity index (χ4n) is 2.48. The van der Waals surface area contributed by atoms with Gasteiger partial charge in [-0.15, -0.1) is 11.6 Å². The number of hydrogen-bond donors (Lipinski definition) is 0. The molecule has 0 fully saturated rings. The molecule has 1 heterocycles. The van der Waals surface area contributed by atoms with Crippen molar-refractivity contribution >= 4 is 27.5 Å². The number of ether oxygens (including phenoxy) is 2. The summed E-state index contributed by atoms with van der Waals surface area (Å²) < 4.78 is 12.2. The van der Waals surface area contributed by atoms with Gasteiger partial charge >= 0.3 is 0 Å². The molecule has 0 saturated carbocycles. The van der Waals surface area contributed by atoms with Crippen LogP contribution in [0.5, 0.6) is 11.5 Å². The lowest BCUT2D eigenvalue weighted by atomic mass is 10.0. The zero-order valence-electron chi connectivity index (χ0n) is 11.7. The highest BCUT2D eigenvalue weighted by Crippen LogP contribution is 2.40. The fraction of sp³-hybridized carbons (Fsp3) is 0.294. The van der Waals surface area contributed by atoms with Gasteiger partial charge < -0.3 is 9.47 Å². The number of alkyl halides is 1. The molecule has 21 heavy (non-hydrogen) atoms. The molecule has 0 saturated heterocycles. The SMILES string of the molecule is Cc1cccc(CC(Cl)c2cc3c(cc2Br)OCCO3)c1. The third-order valence-corrected chi connectivity index (χ3v) is 4.57. The molecule has 110 valence electrons. The Morgan fingerprint density at radius 3 is 2.57 bits per heavy atom. The van der Waals surface area contributed by atoms with Crippen molar-refractivity contribution in [1.29, 1.82) is 0 Å². The Balaban J connectivity index is 1.85. The number of rotatable bonds is 3. The first-order valence-electron chi connectivity index (χ1n) is 6.92. The maximum absolute atomic E-state index is 6.61. The van der Waals surface area contributed by atoms with Crippen molar-refractivity contribution in [2.75, 3.05) is 13.2 Å². The molecule has 2 nitrogen and oxygen atoms in total. The van der Waals surface area contributed by atoms with Crippen molar-refractivity contribution in [3.63, 3.8) is 0 Å². The van der Waals surface area contributed by atoms with Gasteiger partial charge in [0, 0.05) is 4.47 Å². The molecule has 4 heteroatoms.